The van der Waals surface area contributed by atoms with Crippen molar-refractivity contribution in [2.24, 2.45) is 0 Å². The molecule has 0 fully saturated rings. The molecule has 0 radical (unpaired) electrons. The van der Waals surface area contributed by atoms with Gasteiger partial charge in [0.05, 0.1) is 11.8 Å². The van der Waals surface area contributed by atoms with E-state index in [1.165, 1.54) is 0 Å². The summed E-state index contributed by atoms with van der Waals surface area (Å²) in [6.45, 7) is 0.446. The number of aliphatic carboxylic acids is 1. The first-order valence-electron chi connectivity index (χ1n) is 4.76. The summed E-state index contributed by atoms with van der Waals surface area (Å²) < 4.78 is 5.29. The number of carboxylic acid groups (broad SMARTS) is 1. The zero-order valence-electron chi connectivity index (χ0n) is 8.53. The van der Waals surface area contributed by atoms with Gasteiger partial charge in [0.25, 0.3) is 0 Å². The Morgan fingerprint density at radius 3 is 2.50 bits per heavy atom. The molecule has 0 saturated carbocycles. The summed E-state index contributed by atoms with van der Waals surface area (Å²) in [5.74, 6) is -0.238. The SMILES string of the molecule is O=C(O)C(CBr)c1ccc(OCCCl)cc1. The summed E-state index contributed by atoms with van der Waals surface area (Å²) in [5, 5.41) is 9.35. The molecule has 1 aromatic carbocycles. The van der Waals surface area contributed by atoms with Crippen LogP contribution in [0, 0.1) is 0 Å². The van der Waals surface area contributed by atoms with Crippen molar-refractivity contribution in [3.05, 3.63) is 29.8 Å². The Morgan fingerprint density at radius 1 is 1.44 bits per heavy atom. The molecule has 0 aliphatic heterocycles. The predicted octanol–water partition coefficient (Wildman–Crippen LogP) is 2.87. The second kappa shape index (κ2) is 6.76. The Bertz CT molecular complexity index is 340. The first-order valence-corrected chi connectivity index (χ1v) is 6.42. The van der Waals surface area contributed by atoms with Crippen LogP contribution in [0.25, 0.3) is 0 Å². The van der Waals surface area contributed by atoms with Crippen molar-refractivity contribution in [3.63, 3.8) is 0 Å². The summed E-state index contributed by atoms with van der Waals surface area (Å²) in [6, 6.07) is 7.01. The molecule has 88 valence electrons. The summed E-state index contributed by atoms with van der Waals surface area (Å²) in [7, 11) is 0. The van der Waals surface area contributed by atoms with Gasteiger partial charge in [-0.25, -0.2) is 0 Å². The van der Waals surface area contributed by atoms with Gasteiger partial charge in [-0.2, -0.15) is 0 Å². The van der Waals surface area contributed by atoms with Crippen molar-refractivity contribution >= 4 is 33.5 Å². The fourth-order valence-electron chi connectivity index (χ4n) is 1.25. The van der Waals surface area contributed by atoms with Crippen LogP contribution < -0.4 is 4.74 Å². The maximum atomic E-state index is 10.9. The molecular formula is C11H12BrClO3. The van der Waals surface area contributed by atoms with Crippen LogP contribution in [0.15, 0.2) is 24.3 Å². The number of ether oxygens (including phenoxy) is 1. The van der Waals surface area contributed by atoms with E-state index >= 15 is 0 Å². The van der Waals surface area contributed by atoms with Crippen molar-refractivity contribution in [1.29, 1.82) is 0 Å². The zero-order valence-corrected chi connectivity index (χ0v) is 10.9. The monoisotopic (exact) mass is 306 g/mol. The number of halogens is 2. The third-order valence-electron chi connectivity index (χ3n) is 2.08. The molecule has 0 aromatic heterocycles. The highest BCUT2D eigenvalue weighted by Gasteiger charge is 2.17. The van der Waals surface area contributed by atoms with E-state index in [1.54, 1.807) is 24.3 Å². The Balaban J connectivity index is 2.73. The lowest BCUT2D eigenvalue weighted by Crippen LogP contribution is -2.12. The lowest BCUT2D eigenvalue weighted by atomic mass is 10.0. The first-order chi connectivity index (χ1) is 7.69. The van der Waals surface area contributed by atoms with Crippen LogP contribution in [0.4, 0.5) is 0 Å². The van der Waals surface area contributed by atoms with E-state index in [9.17, 15) is 4.79 Å². The van der Waals surface area contributed by atoms with Gasteiger partial charge in [-0.15, -0.1) is 11.6 Å². The number of benzene rings is 1. The smallest absolute Gasteiger partial charge is 0.311 e. The van der Waals surface area contributed by atoms with Crippen LogP contribution in [-0.2, 0) is 4.79 Å². The Morgan fingerprint density at radius 2 is 2.06 bits per heavy atom. The van der Waals surface area contributed by atoms with Gasteiger partial charge in [0, 0.05) is 5.33 Å². The third kappa shape index (κ3) is 3.68. The second-order valence-corrected chi connectivity index (χ2v) is 4.18. The number of carboxylic acids is 1. The van der Waals surface area contributed by atoms with Crippen LogP contribution in [0.1, 0.15) is 11.5 Å². The van der Waals surface area contributed by atoms with Gasteiger partial charge < -0.3 is 9.84 Å². The molecule has 1 N–H and O–H groups in total. The van der Waals surface area contributed by atoms with E-state index in [1.807, 2.05) is 0 Å². The Kier molecular flexibility index (Phi) is 5.63. The number of hydrogen-bond donors (Lipinski definition) is 1. The molecule has 0 amide bonds. The van der Waals surface area contributed by atoms with E-state index in [0.29, 0.717) is 23.6 Å². The largest absolute Gasteiger partial charge is 0.492 e. The normalized spacial score (nSPS) is 12.1. The van der Waals surface area contributed by atoms with Gasteiger partial charge in [0.15, 0.2) is 0 Å². The molecule has 3 nitrogen and oxygen atoms in total. The fraction of sp³-hybridized carbons (Fsp3) is 0.364. The van der Waals surface area contributed by atoms with Gasteiger partial charge in [0.1, 0.15) is 12.4 Å². The molecule has 5 heteroatoms. The highest BCUT2D eigenvalue weighted by atomic mass is 79.9. The van der Waals surface area contributed by atoms with Crippen molar-refractivity contribution < 1.29 is 14.6 Å². The van der Waals surface area contributed by atoms with Crippen molar-refractivity contribution in [2.45, 2.75) is 5.92 Å². The molecule has 1 rings (SSSR count). The fourth-order valence-corrected chi connectivity index (χ4v) is 1.98. The van der Waals surface area contributed by atoms with Crippen molar-refractivity contribution in [2.75, 3.05) is 17.8 Å². The second-order valence-electron chi connectivity index (χ2n) is 3.15. The minimum absolute atomic E-state index is 0.393. The van der Waals surface area contributed by atoms with Crippen LogP contribution >= 0.6 is 27.5 Å². The maximum Gasteiger partial charge on any atom is 0.311 e. The Hall–Kier alpha value is -0.740. The average Bonchev–Trinajstić information content (AvgIpc) is 2.28. The van der Waals surface area contributed by atoms with Crippen molar-refractivity contribution in [1.82, 2.24) is 0 Å². The molecule has 1 aromatic rings. The van der Waals surface area contributed by atoms with Crippen LogP contribution in [0.3, 0.4) is 0 Å². The zero-order chi connectivity index (χ0) is 12.0. The standard InChI is InChI=1S/C11H12BrClO3/c12-7-10(11(14)15)8-1-3-9(4-2-8)16-6-5-13/h1-4,10H,5-7H2,(H,14,15). The number of rotatable bonds is 6. The van der Waals surface area contributed by atoms with Gasteiger partial charge >= 0.3 is 5.97 Å². The molecule has 16 heavy (non-hydrogen) atoms. The molecule has 0 spiro atoms. The van der Waals surface area contributed by atoms with Crippen molar-refractivity contribution in [3.8, 4) is 5.75 Å². The summed E-state index contributed by atoms with van der Waals surface area (Å²) >= 11 is 8.67. The Labute approximate surface area is 107 Å². The molecule has 1 unspecified atom stereocenters. The number of alkyl halides is 2. The highest BCUT2D eigenvalue weighted by Crippen LogP contribution is 2.21. The minimum Gasteiger partial charge on any atom is -0.492 e. The minimum atomic E-state index is -0.841. The van der Waals surface area contributed by atoms with Gasteiger partial charge in [-0.1, -0.05) is 28.1 Å². The highest BCUT2D eigenvalue weighted by molar-refractivity contribution is 9.09. The first kappa shape index (κ1) is 13.3. The van der Waals surface area contributed by atoms with E-state index in [0.717, 1.165) is 5.56 Å². The van der Waals surface area contributed by atoms with Crippen LogP contribution in [-0.4, -0.2) is 28.9 Å². The lowest BCUT2D eigenvalue weighted by molar-refractivity contribution is -0.138. The average molecular weight is 308 g/mol. The van der Waals surface area contributed by atoms with Crippen LogP contribution in [0.5, 0.6) is 5.75 Å². The quantitative estimate of drug-likeness (QED) is 0.822. The molecule has 0 heterocycles. The van der Waals surface area contributed by atoms with Gasteiger partial charge in [0.2, 0.25) is 0 Å². The van der Waals surface area contributed by atoms with E-state index in [4.69, 9.17) is 21.4 Å². The lowest BCUT2D eigenvalue weighted by Gasteiger charge is -2.10. The van der Waals surface area contributed by atoms with E-state index in [-0.39, 0.29) is 0 Å². The molecule has 1 atom stereocenters. The summed E-state index contributed by atoms with van der Waals surface area (Å²) in [4.78, 5) is 10.9. The summed E-state index contributed by atoms with van der Waals surface area (Å²) in [6.07, 6.45) is 0. The molecule has 0 saturated heterocycles. The maximum absolute atomic E-state index is 10.9. The van der Waals surface area contributed by atoms with Gasteiger partial charge in [-0.3, -0.25) is 4.79 Å². The van der Waals surface area contributed by atoms with Gasteiger partial charge in [-0.05, 0) is 17.7 Å². The third-order valence-corrected chi connectivity index (χ3v) is 2.88. The molecule has 0 aliphatic carbocycles. The number of carbonyl (C=O) groups is 1. The summed E-state index contributed by atoms with van der Waals surface area (Å²) in [5.41, 5.74) is 0.752. The molecule has 0 bridgehead atoms. The van der Waals surface area contributed by atoms with Crippen LogP contribution in [0.2, 0.25) is 0 Å². The molecular weight excluding hydrogens is 295 g/mol. The van der Waals surface area contributed by atoms with E-state index < -0.39 is 11.9 Å². The van der Waals surface area contributed by atoms with E-state index in [2.05, 4.69) is 15.9 Å². The molecule has 0 aliphatic rings. The topological polar surface area (TPSA) is 46.5 Å². The predicted molar refractivity (Wildman–Crippen MR) is 66.8 cm³/mol. The number of hydrogen-bond acceptors (Lipinski definition) is 2.